The molecule has 0 aliphatic rings. The lowest BCUT2D eigenvalue weighted by atomic mass is 10.1. The van der Waals surface area contributed by atoms with Crippen LogP contribution in [-0.2, 0) is 9.59 Å². The first-order valence-corrected chi connectivity index (χ1v) is 4.65. The van der Waals surface area contributed by atoms with E-state index in [4.69, 9.17) is 5.11 Å². The maximum atomic E-state index is 11.6. The van der Waals surface area contributed by atoms with Gasteiger partial charge in [-0.3, -0.25) is 9.89 Å². The minimum absolute atomic E-state index is 0.0228. The summed E-state index contributed by atoms with van der Waals surface area (Å²) >= 11 is 0. The molecule has 0 unspecified atom stereocenters. The highest BCUT2D eigenvalue weighted by Crippen LogP contribution is 2.11. The molecule has 3 N–H and O–H groups in total. The Hall–Kier alpha value is -2.11. The van der Waals surface area contributed by atoms with Crippen molar-refractivity contribution >= 4 is 17.7 Å². The zero-order valence-electron chi connectivity index (χ0n) is 9.29. The van der Waals surface area contributed by atoms with Crippen molar-refractivity contribution in [3.8, 4) is 0 Å². The first-order valence-electron chi connectivity index (χ1n) is 4.65. The monoisotopic (exact) mass is 223 g/mol. The molecule has 1 amide bonds. The molecule has 1 aromatic rings. The lowest BCUT2D eigenvalue weighted by Crippen LogP contribution is -2.17. The number of aryl methyl sites for hydroxylation is 1. The first-order chi connectivity index (χ1) is 7.43. The zero-order valence-corrected chi connectivity index (χ0v) is 9.29. The predicted molar refractivity (Wildman–Crippen MR) is 58.0 cm³/mol. The fourth-order valence-electron chi connectivity index (χ4n) is 1.01. The Morgan fingerprint density at radius 3 is 2.44 bits per heavy atom. The normalized spacial score (nSPS) is 11.9. The molecule has 16 heavy (non-hydrogen) atoms. The quantitative estimate of drug-likeness (QED) is 0.668. The van der Waals surface area contributed by atoms with Crippen molar-refractivity contribution in [1.29, 1.82) is 0 Å². The molecule has 0 atom stereocenters. The van der Waals surface area contributed by atoms with Gasteiger partial charge in [0, 0.05) is 16.7 Å². The molecule has 1 rings (SSSR count). The van der Waals surface area contributed by atoms with Gasteiger partial charge in [0.1, 0.15) is 5.82 Å². The molecule has 0 saturated heterocycles. The number of carbonyl (C=O) groups is 2. The second kappa shape index (κ2) is 4.61. The highest BCUT2D eigenvalue weighted by molar-refractivity contribution is 6.07. The van der Waals surface area contributed by atoms with Gasteiger partial charge in [0.15, 0.2) is 0 Å². The van der Waals surface area contributed by atoms with Crippen molar-refractivity contribution in [2.45, 2.75) is 20.8 Å². The van der Waals surface area contributed by atoms with Crippen molar-refractivity contribution in [1.82, 2.24) is 10.2 Å². The van der Waals surface area contributed by atoms with Crippen LogP contribution >= 0.6 is 0 Å². The number of carbonyl (C=O) groups excluding carboxylic acids is 1. The average Bonchev–Trinajstić information content (AvgIpc) is 2.62. The number of aliphatic carboxylic acids is 1. The van der Waals surface area contributed by atoms with Gasteiger partial charge in [0.05, 0.1) is 6.20 Å². The Kier molecular flexibility index (Phi) is 3.44. The van der Waals surface area contributed by atoms with E-state index in [0.29, 0.717) is 5.82 Å². The van der Waals surface area contributed by atoms with Crippen LogP contribution in [0.15, 0.2) is 17.3 Å². The SMILES string of the molecule is CC(C(=O)O)=C(C)C(=O)Nc1[nH]ncc1C. The number of hydrogen-bond donors (Lipinski definition) is 3. The van der Waals surface area contributed by atoms with Gasteiger partial charge in [-0.1, -0.05) is 0 Å². The van der Waals surface area contributed by atoms with Gasteiger partial charge in [-0.25, -0.2) is 4.79 Å². The van der Waals surface area contributed by atoms with Crippen molar-refractivity contribution in [3.05, 3.63) is 22.9 Å². The summed E-state index contributed by atoms with van der Waals surface area (Å²) in [7, 11) is 0. The van der Waals surface area contributed by atoms with Crippen LogP contribution in [0.2, 0.25) is 0 Å². The molecule has 86 valence electrons. The molecule has 0 saturated carbocycles. The molecule has 6 nitrogen and oxygen atoms in total. The minimum atomic E-state index is -1.10. The standard InChI is InChI=1S/C10H13N3O3/c1-5-4-11-13-8(5)12-9(14)6(2)7(3)10(15)16/h4H,1-3H3,(H,15,16)(H2,11,12,13,14). The molecule has 0 fully saturated rings. The summed E-state index contributed by atoms with van der Waals surface area (Å²) in [4.78, 5) is 22.3. The van der Waals surface area contributed by atoms with Crippen LogP contribution in [0.3, 0.4) is 0 Å². The van der Waals surface area contributed by atoms with E-state index in [9.17, 15) is 9.59 Å². The summed E-state index contributed by atoms with van der Waals surface area (Å²) in [5.74, 6) is -1.08. The van der Waals surface area contributed by atoms with Crippen molar-refractivity contribution in [3.63, 3.8) is 0 Å². The van der Waals surface area contributed by atoms with Crippen LogP contribution in [-0.4, -0.2) is 27.2 Å². The van der Waals surface area contributed by atoms with Crippen LogP contribution in [0.5, 0.6) is 0 Å². The number of carboxylic acid groups (broad SMARTS) is 1. The third kappa shape index (κ3) is 2.47. The van der Waals surface area contributed by atoms with Crippen molar-refractivity contribution in [2.75, 3.05) is 5.32 Å². The number of hydrogen-bond acceptors (Lipinski definition) is 3. The molecule has 0 aromatic carbocycles. The predicted octanol–water partition coefficient (Wildman–Crippen LogP) is 1.08. The Morgan fingerprint density at radius 1 is 1.38 bits per heavy atom. The van der Waals surface area contributed by atoms with E-state index in [1.807, 2.05) is 0 Å². The van der Waals surface area contributed by atoms with E-state index in [-0.39, 0.29) is 11.1 Å². The number of H-pyrrole nitrogens is 1. The van der Waals surface area contributed by atoms with E-state index in [1.165, 1.54) is 13.8 Å². The zero-order chi connectivity index (χ0) is 12.3. The van der Waals surface area contributed by atoms with E-state index < -0.39 is 11.9 Å². The van der Waals surface area contributed by atoms with Gasteiger partial charge in [-0.05, 0) is 20.8 Å². The fraction of sp³-hybridized carbons (Fsp3) is 0.300. The highest BCUT2D eigenvalue weighted by atomic mass is 16.4. The third-order valence-corrected chi connectivity index (χ3v) is 2.29. The number of aromatic nitrogens is 2. The summed E-state index contributed by atoms with van der Waals surface area (Å²) in [6, 6.07) is 0. The van der Waals surface area contributed by atoms with Gasteiger partial charge in [-0.2, -0.15) is 5.10 Å². The molecule has 6 heteroatoms. The summed E-state index contributed by atoms with van der Waals surface area (Å²) in [5.41, 5.74) is 0.977. The number of amides is 1. The molecular formula is C10H13N3O3. The number of carboxylic acids is 1. The van der Waals surface area contributed by atoms with Crippen LogP contribution in [0.4, 0.5) is 5.82 Å². The fourth-order valence-corrected chi connectivity index (χ4v) is 1.01. The Bertz CT molecular complexity index is 460. The molecule has 1 heterocycles. The average molecular weight is 223 g/mol. The second-order valence-corrected chi connectivity index (χ2v) is 3.44. The number of nitrogens with zero attached hydrogens (tertiary/aromatic N) is 1. The van der Waals surface area contributed by atoms with Crippen LogP contribution < -0.4 is 5.32 Å². The lowest BCUT2D eigenvalue weighted by Gasteiger charge is -2.05. The molecule has 0 bridgehead atoms. The third-order valence-electron chi connectivity index (χ3n) is 2.29. The molecule has 1 aromatic heterocycles. The highest BCUT2D eigenvalue weighted by Gasteiger charge is 2.13. The first kappa shape index (κ1) is 12.0. The van der Waals surface area contributed by atoms with E-state index in [1.54, 1.807) is 13.1 Å². The topological polar surface area (TPSA) is 95.1 Å². The van der Waals surface area contributed by atoms with Crippen molar-refractivity contribution < 1.29 is 14.7 Å². The Balaban J connectivity index is 2.85. The molecule has 0 spiro atoms. The Labute approximate surface area is 92.4 Å². The summed E-state index contributed by atoms with van der Waals surface area (Å²) in [6.45, 7) is 4.63. The lowest BCUT2D eigenvalue weighted by molar-refractivity contribution is -0.133. The number of anilines is 1. The Morgan fingerprint density at radius 2 is 2.00 bits per heavy atom. The minimum Gasteiger partial charge on any atom is -0.478 e. The van der Waals surface area contributed by atoms with Crippen LogP contribution in [0.1, 0.15) is 19.4 Å². The number of aromatic amines is 1. The number of nitrogens with one attached hydrogen (secondary N) is 2. The summed E-state index contributed by atoms with van der Waals surface area (Å²) in [6.07, 6.45) is 1.57. The van der Waals surface area contributed by atoms with Gasteiger partial charge in [0.2, 0.25) is 0 Å². The molecular weight excluding hydrogens is 210 g/mol. The van der Waals surface area contributed by atoms with E-state index >= 15 is 0 Å². The van der Waals surface area contributed by atoms with Gasteiger partial charge in [0.25, 0.3) is 5.91 Å². The van der Waals surface area contributed by atoms with E-state index in [0.717, 1.165) is 5.56 Å². The smallest absolute Gasteiger partial charge is 0.331 e. The second-order valence-electron chi connectivity index (χ2n) is 3.44. The van der Waals surface area contributed by atoms with E-state index in [2.05, 4.69) is 15.5 Å². The van der Waals surface area contributed by atoms with Crippen molar-refractivity contribution in [2.24, 2.45) is 0 Å². The van der Waals surface area contributed by atoms with Gasteiger partial charge < -0.3 is 10.4 Å². The van der Waals surface area contributed by atoms with Crippen LogP contribution in [0.25, 0.3) is 0 Å². The molecule has 0 aliphatic carbocycles. The molecule has 0 radical (unpaired) electrons. The van der Waals surface area contributed by atoms with Gasteiger partial charge >= 0.3 is 5.97 Å². The maximum absolute atomic E-state index is 11.6. The van der Waals surface area contributed by atoms with Crippen LogP contribution in [0, 0.1) is 6.92 Å². The summed E-state index contributed by atoms with van der Waals surface area (Å²) in [5, 5.41) is 17.6. The van der Waals surface area contributed by atoms with Gasteiger partial charge in [-0.15, -0.1) is 0 Å². The number of rotatable bonds is 3. The molecule has 0 aliphatic heterocycles. The summed E-state index contributed by atoms with van der Waals surface area (Å²) < 4.78 is 0. The maximum Gasteiger partial charge on any atom is 0.331 e. The largest absolute Gasteiger partial charge is 0.478 e.